The molecule has 1 aromatic rings. The molecule has 0 saturated heterocycles. The van der Waals surface area contributed by atoms with E-state index in [2.05, 4.69) is 31.3 Å². The molecule has 1 heterocycles. The summed E-state index contributed by atoms with van der Waals surface area (Å²) in [7, 11) is 0. The Morgan fingerprint density at radius 2 is 2.17 bits per heavy atom. The van der Waals surface area contributed by atoms with Gasteiger partial charge >= 0.3 is 12.0 Å². The Labute approximate surface area is 102 Å². The molecule has 1 atom stereocenters. The molecule has 18 heavy (non-hydrogen) atoms. The minimum atomic E-state index is -1.50. The number of hydrogen-bond donors (Lipinski definition) is 5. The number of rotatable bonds is 6. The number of aliphatic carboxylic acids is 1. The molecule has 1 rings (SSSR count). The van der Waals surface area contributed by atoms with E-state index < -0.39 is 24.0 Å². The van der Waals surface area contributed by atoms with Crippen molar-refractivity contribution in [2.24, 2.45) is 0 Å². The Kier molecular flexibility index (Phi) is 4.54. The smallest absolute Gasteiger partial charge is 0.315 e. The summed E-state index contributed by atoms with van der Waals surface area (Å²) in [4.78, 5) is 21.7. The maximum Gasteiger partial charge on any atom is 0.315 e. The van der Waals surface area contributed by atoms with Crippen LogP contribution in [0.3, 0.4) is 0 Å². The molecule has 0 saturated carbocycles. The van der Waals surface area contributed by atoms with Crippen molar-refractivity contribution in [2.45, 2.75) is 25.5 Å². The topological polar surface area (TPSA) is 153 Å². The summed E-state index contributed by atoms with van der Waals surface area (Å²) in [6.45, 7) is 1.21. The fourth-order valence-corrected chi connectivity index (χ4v) is 1.14. The minimum absolute atomic E-state index is 0.0728. The summed E-state index contributed by atoms with van der Waals surface area (Å²) in [5.41, 5.74) is -1.50. The number of aromatic nitrogens is 4. The molecular weight excluding hydrogens is 244 g/mol. The largest absolute Gasteiger partial charge is 0.481 e. The average Bonchev–Trinajstić information content (AvgIpc) is 2.74. The fraction of sp³-hybridized carbons (Fsp3) is 0.625. The Hall–Kier alpha value is -2.23. The van der Waals surface area contributed by atoms with Gasteiger partial charge < -0.3 is 20.8 Å². The highest BCUT2D eigenvalue weighted by molar-refractivity contribution is 5.74. The number of amides is 2. The summed E-state index contributed by atoms with van der Waals surface area (Å²) in [6, 6.07) is -0.564. The molecule has 10 heteroatoms. The number of tetrazole rings is 1. The van der Waals surface area contributed by atoms with Crippen LogP contribution in [0.25, 0.3) is 0 Å². The van der Waals surface area contributed by atoms with Gasteiger partial charge in [0.05, 0.1) is 18.6 Å². The first kappa shape index (κ1) is 13.8. The van der Waals surface area contributed by atoms with Gasteiger partial charge in [-0.2, -0.15) is 5.21 Å². The number of carbonyl (C=O) groups excluding carboxylic acids is 1. The van der Waals surface area contributed by atoms with E-state index in [1.54, 1.807) is 0 Å². The van der Waals surface area contributed by atoms with Gasteiger partial charge in [-0.3, -0.25) is 4.79 Å². The molecule has 1 aromatic heterocycles. The average molecular weight is 258 g/mol. The van der Waals surface area contributed by atoms with E-state index in [1.807, 2.05) is 0 Å². The number of nitrogens with zero attached hydrogens (tertiary/aromatic N) is 3. The van der Waals surface area contributed by atoms with Crippen LogP contribution < -0.4 is 10.6 Å². The van der Waals surface area contributed by atoms with Gasteiger partial charge in [0.2, 0.25) is 0 Å². The van der Waals surface area contributed by atoms with Crippen LogP contribution in [0.1, 0.15) is 19.2 Å². The van der Waals surface area contributed by atoms with Gasteiger partial charge in [-0.05, 0) is 6.92 Å². The van der Waals surface area contributed by atoms with Gasteiger partial charge in [-0.15, -0.1) is 10.2 Å². The zero-order valence-corrected chi connectivity index (χ0v) is 9.67. The van der Waals surface area contributed by atoms with Crippen LogP contribution >= 0.6 is 0 Å². The zero-order valence-electron chi connectivity index (χ0n) is 9.67. The van der Waals surface area contributed by atoms with Gasteiger partial charge in [0, 0.05) is 6.54 Å². The molecule has 0 aromatic carbocycles. The normalized spacial score (nSPS) is 13.7. The monoisotopic (exact) mass is 258 g/mol. The van der Waals surface area contributed by atoms with Crippen molar-refractivity contribution < 1.29 is 19.8 Å². The lowest BCUT2D eigenvalue weighted by atomic mass is 10.0. The van der Waals surface area contributed by atoms with Crippen LogP contribution in [0.4, 0.5) is 4.79 Å². The van der Waals surface area contributed by atoms with Crippen molar-refractivity contribution in [3.63, 3.8) is 0 Å². The van der Waals surface area contributed by atoms with E-state index in [4.69, 9.17) is 5.11 Å². The SMILES string of the molecule is CC(O)(CNC(=O)NCc1nn[nH]n1)CC(=O)O. The second-order valence-corrected chi connectivity index (χ2v) is 3.93. The summed E-state index contributed by atoms with van der Waals surface area (Å²) in [5.74, 6) is -0.837. The quantitative estimate of drug-likeness (QED) is 0.404. The van der Waals surface area contributed by atoms with E-state index >= 15 is 0 Å². The van der Waals surface area contributed by atoms with Crippen molar-refractivity contribution in [3.05, 3.63) is 5.82 Å². The molecule has 2 amide bonds. The zero-order chi connectivity index (χ0) is 13.6. The van der Waals surface area contributed by atoms with Crippen LogP contribution in [-0.4, -0.2) is 55.0 Å². The third-order valence-corrected chi connectivity index (χ3v) is 1.96. The highest BCUT2D eigenvalue weighted by atomic mass is 16.4. The van der Waals surface area contributed by atoms with Crippen molar-refractivity contribution in [1.29, 1.82) is 0 Å². The Morgan fingerprint density at radius 1 is 1.44 bits per heavy atom. The van der Waals surface area contributed by atoms with Crippen molar-refractivity contribution in [2.75, 3.05) is 6.54 Å². The highest BCUT2D eigenvalue weighted by Crippen LogP contribution is 2.06. The number of carbonyl (C=O) groups is 2. The first-order chi connectivity index (χ1) is 8.39. The van der Waals surface area contributed by atoms with Crippen LogP contribution in [0, 0.1) is 0 Å². The molecule has 100 valence electrons. The highest BCUT2D eigenvalue weighted by Gasteiger charge is 2.24. The van der Waals surface area contributed by atoms with Crippen LogP contribution in [-0.2, 0) is 11.3 Å². The van der Waals surface area contributed by atoms with Crippen LogP contribution in [0.5, 0.6) is 0 Å². The number of hydrogen-bond acceptors (Lipinski definition) is 6. The van der Waals surface area contributed by atoms with E-state index in [0.29, 0.717) is 5.82 Å². The van der Waals surface area contributed by atoms with Gasteiger partial charge in [0.15, 0.2) is 5.82 Å². The number of carboxylic acids is 1. The number of aromatic amines is 1. The molecule has 1 unspecified atom stereocenters. The molecule has 10 nitrogen and oxygen atoms in total. The second-order valence-electron chi connectivity index (χ2n) is 3.93. The number of nitrogens with one attached hydrogen (secondary N) is 3. The Balaban J connectivity index is 2.26. The summed E-state index contributed by atoms with van der Waals surface area (Å²) < 4.78 is 0. The number of aliphatic hydroxyl groups is 1. The lowest BCUT2D eigenvalue weighted by Crippen LogP contribution is -2.45. The Bertz CT molecular complexity index is 404. The molecule has 0 radical (unpaired) electrons. The Morgan fingerprint density at radius 3 is 2.72 bits per heavy atom. The third kappa shape index (κ3) is 5.21. The summed E-state index contributed by atoms with van der Waals surface area (Å²) >= 11 is 0. The molecule has 5 N–H and O–H groups in total. The van der Waals surface area contributed by atoms with E-state index in [1.165, 1.54) is 6.92 Å². The number of H-pyrrole nitrogens is 1. The van der Waals surface area contributed by atoms with Crippen LogP contribution in [0.15, 0.2) is 0 Å². The third-order valence-electron chi connectivity index (χ3n) is 1.96. The molecular formula is C8H14N6O4. The maximum atomic E-state index is 11.3. The predicted molar refractivity (Wildman–Crippen MR) is 57.3 cm³/mol. The van der Waals surface area contributed by atoms with Crippen molar-refractivity contribution in [3.8, 4) is 0 Å². The first-order valence-corrected chi connectivity index (χ1v) is 5.07. The van der Waals surface area contributed by atoms with E-state index in [9.17, 15) is 14.7 Å². The van der Waals surface area contributed by atoms with Gasteiger partial charge in [0.1, 0.15) is 0 Å². The molecule has 0 bridgehead atoms. The number of carboxylic acid groups (broad SMARTS) is 1. The lowest BCUT2D eigenvalue weighted by molar-refractivity contribution is -0.141. The van der Waals surface area contributed by atoms with Crippen molar-refractivity contribution >= 4 is 12.0 Å². The van der Waals surface area contributed by atoms with Gasteiger partial charge in [-0.25, -0.2) is 4.79 Å². The molecule has 0 spiro atoms. The van der Waals surface area contributed by atoms with Crippen molar-refractivity contribution in [1.82, 2.24) is 31.3 Å². The summed E-state index contributed by atoms with van der Waals surface area (Å²) in [6.07, 6.45) is -0.460. The molecule has 0 aliphatic heterocycles. The molecule has 0 fully saturated rings. The van der Waals surface area contributed by atoms with Gasteiger partial charge in [-0.1, -0.05) is 5.21 Å². The lowest BCUT2D eigenvalue weighted by Gasteiger charge is -2.21. The standard InChI is InChI=1S/C8H14N6O4/c1-8(18,2-6(15)16)4-10-7(17)9-3-5-11-13-14-12-5/h18H,2-4H2,1H3,(H,15,16)(H2,9,10,17)(H,11,12,13,14). The second kappa shape index (κ2) is 5.91. The minimum Gasteiger partial charge on any atom is -0.481 e. The fourth-order valence-electron chi connectivity index (χ4n) is 1.14. The maximum absolute atomic E-state index is 11.3. The summed E-state index contributed by atoms with van der Waals surface area (Å²) in [5, 5.41) is 35.7. The molecule has 0 aliphatic rings. The van der Waals surface area contributed by atoms with Gasteiger partial charge in [0.25, 0.3) is 0 Å². The first-order valence-electron chi connectivity index (χ1n) is 5.07. The molecule has 0 aliphatic carbocycles. The predicted octanol–water partition coefficient (Wildman–Crippen LogP) is -1.78. The van der Waals surface area contributed by atoms with E-state index in [-0.39, 0.29) is 13.1 Å². The van der Waals surface area contributed by atoms with E-state index in [0.717, 1.165) is 0 Å². The van der Waals surface area contributed by atoms with Crippen LogP contribution in [0.2, 0.25) is 0 Å². The number of urea groups is 1.